The summed E-state index contributed by atoms with van der Waals surface area (Å²) in [6, 6.07) is 16.2. The maximum absolute atomic E-state index is 12.9. The zero-order chi connectivity index (χ0) is 105. The molecule has 0 unspecified atom stereocenters. The van der Waals surface area contributed by atoms with Gasteiger partial charge in [0.05, 0.1) is 64.2 Å². The quantitative estimate of drug-likeness (QED) is 0.0455. The van der Waals surface area contributed by atoms with Crippen LogP contribution in [-0.4, -0.2) is 441 Å². The Morgan fingerprint density at radius 1 is 0.418 bits per heavy atom. The largest absolute Gasteiger partial charge is 0.462 e. The number of aliphatic hydroxyl groups excluding tert-OH is 10. The molecular formula is C102H164Cl2N2O40. The first-order valence-electron chi connectivity index (χ1n) is 50.4. The van der Waals surface area contributed by atoms with Crippen molar-refractivity contribution in [1.29, 1.82) is 0 Å². The van der Waals surface area contributed by atoms with Gasteiger partial charge < -0.3 is 194 Å². The summed E-state index contributed by atoms with van der Waals surface area (Å²) in [4.78, 5) is 24.6. The van der Waals surface area contributed by atoms with Crippen LogP contribution in [-0.2, 0) is 155 Å². The third kappa shape index (κ3) is 29.0. The highest BCUT2D eigenvalue weighted by molar-refractivity contribution is 6.31. The van der Waals surface area contributed by atoms with E-state index < -0.39 is 273 Å². The van der Waals surface area contributed by atoms with Gasteiger partial charge in [0.2, 0.25) is 0 Å². The van der Waals surface area contributed by atoms with E-state index in [4.69, 9.17) is 156 Å². The van der Waals surface area contributed by atoms with Crippen LogP contribution in [0.3, 0.4) is 0 Å². The number of allylic oxidation sites excluding steroid dienone is 3. The summed E-state index contributed by atoms with van der Waals surface area (Å²) in [5.74, 6) is 2.35. The van der Waals surface area contributed by atoms with Gasteiger partial charge in [0.15, 0.2) is 44.0 Å². The molecule has 22 heterocycles. The molecule has 14 bridgehead atoms. The molecule has 44 heteroatoms. The van der Waals surface area contributed by atoms with Crippen molar-refractivity contribution < 1.29 is 193 Å². The van der Waals surface area contributed by atoms with E-state index in [1.54, 1.807) is 0 Å². The van der Waals surface area contributed by atoms with Gasteiger partial charge in [-0.25, -0.2) is 0 Å². The van der Waals surface area contributed by atoms with E-state index in [0.717, 1.165) is 73.7 Å². The fourth-order valence-corrected chi connectivity index (χ4v) is 22.5. The first-order valence-corrected chi connectivity index (χ1v) is 51.2. The molecule has 0 radical (unpaired) electrons. The van der Waals surface area contributed by atoms with E-state index >= 15 is 0 Å². The van der Waals surface area contributed by atoms with Gasteiger partial charge in [0.1, 0.15) is 183 Å². The normalized spacial score (nSPS) is 41.3. The summed E-state index contributed by atoms with van der Waals surface area (Å²) in [7, 11) is 15.9. The van der Waals surface area contributed by atoms with Crippen molar-refractivity contribution in [3.05, 3.63) is 93.5 Å². The molecule has 42 nitrogen and oxygen atoms in total. The molecule has 146 heavy (non-hydrogen) atoms. The molecule has 25 aliphatic rings. The van der Waals surface area contributed by atoms with Crippen LogP contribution in [0.25, 0.3) is 0 Å². The maximum Gasteiger partial charge on any atom is 0.311 e. The second-order valence-electron chi connectivity index (χ2n) is 39.8. The molecule has 3 aliphatic carbocycles. The third-order valence-electron chi connectivity index (χ3n) is 30.5. The minimum atomic E-state index is -1.72. The van der Waals surface area contributed by atoms with Gasteiger partial charge in [0, 0.05) is 121 Å². The van der Waals surface area contributed by atoms with Crippen LogP contribution in [0.4, 0.5) is 0 Å². The Morgan fingerprint density at radius 3 is 1.01 bits per heavy atom. The number of aliphatic hydroxyl groups is 10. The average Bonchev–Trinajstić information content (AvgIpc) is 0.777. The lowest BCUT2D eigenvalue weighted by Gasteiger charge is -2.52. The molecule has 2 aromatic carbocycles. The molecular weight excluding hydrogens is 1960 g/mol. The lowest BCUT2D eigenvalue weighted by atomic mass is 9.65. The van der Waals surface area contributed by atoms with Crippen LogP contribution in [0.15, 0.2) is 72.3 Å². The predicted octanol–water partition coefficient (Wildman–Crippen LogP) is 3.52. The number of carbonyl (C=O) groups excluding carboxylic acids is 2. The molecule has 0 amide bonds. The number of rotatable bonds is 33. The SMILES string of the molecule is C.CCC(C)(C)C(=O)O[C@H]1C[C@@H](C)C=C2C=C[C@H](C)[C@H](CC[C@@H]3C[C@@H](O)CC(=O)O3)[C@H]21.CO[C@H]1[C@H](OC)[C@H]2O[C@H]3[C@@H](OC)[C@H](OC)[C@@H](O[C@H]4[C@@H](OC)[C@H](OC)[C@@H](O[C@H]5[C@@H](OC)[C@H](OC)[C@@H](O[C@H]6[C@@H](OC)[C@H](OC)[C@@H](O[C@H]7[C@@H](O)[C@H](OC)[C@@H](O[C@H]8[C@@H](O)[C@H](OC)[C@@H](O[C@@H]1[C@@H](CO)O2)O[C@@H]8CO)O[C@@H]7CO)O[C@@H]6CO)O[C@@H]5CO)O[C@@H]4CO)O[C@@H]3CO.Clc1ccccc1CNCC1CCC(CNCc2ccccc2Cl)CC1. The fraction of sp³-hybridized carbons (Fsp3) is 0.824. The van der Waals surface area contributed by atoms with Crippen LogP contribution >= 0.6 is 23.2 Å². The lowest BCUT2D eigenvalue weighted by Crippen LogP contribution is -2.69. The van der Waals surface area contributed by atoms with E-state index in [-0.39, 0.29) is 43.9 Å². The molecule has 0 spiro atoms. The number of cyclic esters (lactones) is 1. The van der Waals surface area contributed by atoms with E-state index in [9.17, 15) is 60.7 Å². The summed E-state index contributed by atoms with van der Waals surface area (Å²) in [6.45, 7) is 8.98. The van der Waals surface area contributed by atoms with Gasteiger partial charge in [-0.2, -0.15) is 0 Å². The van der Waals surface area contributed by atoms with Gasteiger partial charge in [-0.3, -0.25) is 9.59 Å². The zero-order valence-electron chi connectivity index (χ0n) is 86.1. The number of methoxy groups -OCH3 is 12. The molecule has 27 rings (SSSR count). The van der Waals surface area contributed by atoms with Crippen LogP contribution in [0, 0.1) is 40.9 Å². The Morgan fingerprint density at radius 2 is 0.719 bits per heavy atom. The number of benzene rings is 2. The van der Waals surface area contributed by atoms with E-state index in [0.29, 0.717) is 24.2 Å². The Bertz CT molecular complexity index is 4140. The standard InChI is InChI=1S/C54H94O35.C25H38O5.C22H28Cl2N2.CH4/c1-64-36-28(63)30-21(14-56)76-48(36)83-29-20(13-55)77-49(37(65-2)27(29)62)85-31-22(15-57)79-51(44(72-9)38(31)66-3)87-33-24(17-59)81-53(46(74-11)40(33)68-5)89-35-26(19-61)82-54(47(75-12)42(35)70-7)88-34-25(18-60)80-52(45(73-10)41(34)69-6)86-32-23(16-58)78-50(84-30)43(71-8)39(32)67-4;1-6-25(4,5)24(28)30-21-12-15(2)11-17-8-7-16(3)20(23(17)21)10-9-19-13-18(26)14-22(27)29-19;23-21-7-3-1-5-19(21)15-25-13-17-9-11-18(12-10-17)14-26-16-20-6-2-4-8-22(20)24;/h20-63H,13-19H2,1-12H3;7-8,11,15-16,18-21,23,26H,6,9-10,12-14H2,1-5H3;1-8,17-18,25-26H,9-16H2;1H4/t20-,21-,22-,23-,24-,25-,26-,27-,28-,29-,30-,31-,32-,33-,34-,35-,36+,37+,38-,39-,40-,41-,42-,43+,44+,45+,46+,47+,48-,49-,50-,51-,52-,53-,54-;15-,16-,18+,19+,20-,21-,23-;;/m10../s1. The van der Waals surface area contributed by atoms with Gasteiger partial charge in [0.25, 0.3) is 0 Å². The number of hydrogen-bond acceptors (Lipinski definition) is 42. The van der Waals surface area contributed by atoms with Crippen molar-refractivity contribution in [2.45, 2.75) is 353 Å². The monoisotopic (exact) mass is 2130 g/mol. The Hall–Kier alpha value is -4.08. The average molecular weight is 2130 g/mol. The Balaban J connectivity index is 0.000000285. The number of halogens is 2. The molecule has 836 valence electrons. The number of esters is 2. The van der Waals surface area contributed by atoms with Crippen LogP contribution in [0.5, 0.6) is 0 Å². The smallest absolute Gasteiger partial charge is 0.311 e. The van der Waals surface area contributed by atoms with Gasteiger partial charge >= 0.3 is 11.9 Å². The maximum atomic E-state index is 12.9. The number of nitrogens with one attached hydrogen (secondary N) is 2. The van der Waals surface area contributed by atoms with Crippen molar-refractivity contribution in [1.82, 2.24) is 10.6 Å². The fourth-order valence-electron chi connectivity index (χ4n) is 22.1. The minimum Gasteiger partial charge on any atom is -0.462 e. The van der Waals surface area contributed by atoms with Crippen molar-refractivity contribution in [2.24, 2.45) is 40.9 Å². The first kappa shape index (κ1) is 122. The topological polar surface area (TPSA) is 519 Å². The number of carbonyl (C=O) groups is 2. The molecule has 23 fully saturated rings. The minimum absolute atomic E-state index is 0. The van der Waals surface area contributed by atoms with Crippen LogP contribution < -0.4 is 10.6 Å². The number of fused-ring (bicyclic) bond motifs is 1. The molecule has 2 aromatic rings. The molecule has 22 aliphatic heterocycles. The molecule has 12 N–H and O–H groups in total. The van der Waals surface area contributed by atoms with E-state index in [2.05, 4.69) is 54.8 Å². The summed E-state index contributed by atoms with van der Waals surface area (Å²) in [5.41, 5.74) is 3.16. The second kappa shape index (κ2) is 58.6. The molecule has 1 saturated carbocycles. The number of ether oxygens (including phenoxy) is 28. The summed E-state index contributed by atoms with van der Waals surface area (Å²) in [6.07, 6.45) is -32.5. The summed E-state index contributed by atoms with van der Waals surface area (Å²) >= 11 is 12.4. The van der Waals surface area contributed by atoms with Crippen molar-refractivity contribution in [2.75, 3.05) is 145 Å². The highest BCUT2D eigenvalue weighted by atomic mass is 35.5. The predicted molar refractivity (Wildman–Crippen MR) is 520 cm³/mol. The van der Waals surface area contributed by atoms with E-state index in [1.807, 2.05) is 57.2 Å². The summed E-state index contributed by atoms with van der Waals surface area (Å²) in [5, 5.41) is 120. The Labute approximate surface area is 866 Å². The van der Waals surface area contributed by atoms with Crippen LogP contribution in [0.1, 0.15) is 117 Å². The van der Waals surface area contributed by atoms with E-state index in [1.165, 1.54) is 128 Å². The highest BCUT2D eigenvalue weighted by Gasteiger charge is 2.63. The number of hydrogen-bond donors (Lipinski definition) is 12. The molecule has 22 saturated heterocycles. The Kier molecular flexibility index (Phi) is 49.0. The van der Waals surface area contributed by atoms with Crippen molar-refractivity contribution in [3.8, 4) is 0 Å². The second-order valence-corrected chi connectivity index (χ2v) is 40.6. The van der Waals surface area contributed by atoms with Crippen molar-refractivity contribution in [3.63, 3.8) is 0 Å². The highest BCUT2D eigenvalue weighted by Crippen LogP contribution is 2.48. The van der Waals surface area contributed by atoms with Gasteiger partial charge in [-0.15, -0.1) is 0 Å². The third-order valence-corrected chi connectivity index (χ3v) is 31.2. The summed E-state index contributed by atoms with van der Waals surface area (Å²) < 4.78 is 173. The van der Waals surface area contributed by atoms with Gasteiger partial charge in [-0.05, 0) is 137 Å². The van der Waals surface area contributed by atoms with Crippen LogP contribution in [0.2, 0.25) is 10.0 Å². The first-order chi connectivity index (χ1) is 69.9. The van der Waals surface area contributed by atoms with Crippen molar-refractivity contribution >= 4 is 35.1 Å². The molecule has 0 aromatic heterocycles. The molecule has 42 atom stereocenters. The zero-order valence-corrected chi connectivity index (χ0v) is 87.6. The lowest BCUT2D eigenvalue weighted by molar-refractivity contribution is -0.402. The van der Waals surface area contributed by atoms with Gasteiger partial charge in [-0.1, -0.05) is 106 Å².